The van der Waals surface area contributed by atoms with Crippen LogP contribution in [0.2, 0.25) is 0 Å². The van der Waals surface area contributed by atoms with E-state index in [1.165, 1.54) is 0 Å². The summed E-state index contributed by atoms with van der Waals surface area (Å²) in [5.74, 6) is 1.74. The Kier molecular flexibility index (Phi) is 3.73. The largest absolute Gasteiger partial charge is 0.497 e. The van der Waals surface area contributed by atoms with Crippen LogP contribution in [-0.4, -0.2) is 27.9 Å². The Hall–Kier alpha value is -2.56. The van der Waals surface area contributed by atoms with Crippen molar-refractivity contribution in [2.75, 3.05) is 12.4 Å². The fraction of sp³-hybridized carbons (Fsp3) is 0.250. The van der Waals surface area contributed by atoms with Gasteiger partial charge in [0.15, 0.2) is 0 Å². The molecule has 3 rings (SSSR count). The molecule has 1 atom stereocenters. The van der Waals surface area contributed by atoms with Crippen molar-refractivity contribution in [2.24, 2.45) is 0 Å². The molecule has 0 saturated carbocycles. The van der Waals surface area contributed by atoms with Crippen LogP contribution in [0.25, 0.3) is 10.8 Å². The summed E-state index contributed by atoms with van der Waals surface area (Å²) in [7, 11) is 1.67. The SMILES string of the molecule is COc1ccc2c(NC(C)Cn3cccn3)nccc2c1. The van der Waals surface area contributed by atoms with Gasteiger partial charge in [-0.15, -0.1) is 0 Å². The summed E-state index contributed by atoms with van der Waals surface area (Å²) in [6, 6.07) is 10.1. The van der Waals surface area contributed by atoms with Crippen LogP contribution in [-0.2, 0) is 6.54 Å². The molecule has 2 aromatic heterocycles. The lowest BCUT2D eigenvalue weighted by Crippen LogP contribution is -2.22. The number of anilines is 1. The van der Waals surface area contributed by atoms with Crippen molar-refractivity contribution in [1.29, 1.82) is 0 Å². The van der Waals surface area contributed by atoms with Crippen LogP contribution in [0.5, 0.6) is 5.75 Å². The first-order valence-electron chi connectivity index (χ1n) is 6.93. The predicted octanol–water partition coefficient (Wildman–Crippen LogP) is 2.94. The van der Waals surface area contributed by atoms with Crippen molar-refractivity contribution in [3.8, 4) is 5.75 Å². The van der Waals surface area contributed by atoms with Crippen molar-refractivity contribution in [1.82, 2.24) is 14.8 Å². The number of pyridine rings is 1. The Morgan fingerprint density at radius 2 is 2.19 bits per heavy atom. The van der Waals surface area contributed by atoms with Crippen molar-refractivity contribution in [2.45, 2.75) is 19.5 Å². The number of methoxy groups -OCH3 is 1. The average Bonchev–Trinajstić information content (AvgIpc) is 2.99. The Labute approximate surface area is 123 Å². The highest BCUT2D eigenvalue weighted by atomic mass is 16.5. The number of aromatic nitrogens is 3. The second-order valence-corrected chi connectivity index (χ2v) is 5.02. The van der Waals surface area contributed by atoms with E-state index in [0.717, 1.165) is 28.9 Å². The average molecular weight is 282 g/mol. The number of fused-ring (bicyclic) bond motifs is 1. The Morgan fingerprint density at radius 1 is 1.29 bits per heavy atom. The van der Waals surface area contributed by atoms with Gasteiger partial charge in [0, 0.05) is 30.0 Å². The van der Waals surface area contributed by atoms with Crippen LogP contribution in [0.1, 0.15) is 6.92 Å². The molecule has 21 heavy (non-hydrogen) atoms. The second-order valence-electron chi connectivity index (χ2n) is 5.02. The lowest BCUT2D eigenvalue weighted by atomic mass is 10.1. The maximum Gasteiger partial charge on any atom is 0.134 e. The zero-order chi connectivity index (χ0) is 14.7. The third-order valence-corrected chi connectivity index (χ3v) is 3.37. The Balaban J connectivity index is 1.83. The molecule has 108 valence electrons. The molecule has 5 heteroatoms. The summed E-state index contributed by atoms with van der Waals surface area (Å²) in [6.45, 7) is 2.91. The minimum atomic E-state index is 0.227. The monoisotopic (exact) mass is 282 g/mol. The number of hydrogen-bond acceptors (Lipinski definition) is 4. The van der Waals surface area contributed by atoms with Crippen LogP contribution in [0.4, 0.5) is 5.82 Å². The summed E-state index contributed by atoms with van der Waals surface area (Å²) in [5, 5.41) is 9.87. The predicted molar refractivity (Wildman–Crippen MR) is 83.6 cm³/mol. The quantitative estimate of drug-likeness (QED) is 0.781. The van der Waals surface area contributed by atoms with Gasteiger partial charge in [0.25, 0.3) is 0 Å². The molecule has 5 nitrogen and oxygen atoms in total. The summed E-state index contributed by atoms with van der Waals surface area (Å²) >= 11 is 0. The standard InChI is InChI=1S/C16H18N4O/c1-12(11-20-9-3-7-18-20)19-16-15-5-4-14(21-2)10-13(15)6-8-17-16/h3-10,12H,11H2,1-2H3,(H,17,19). The molecule has 0 aliphatic heterocycles. The van der Waals surface area contributed by atoms with Gasteiger partial charge >= 0.3 is 0 Å². The minimum Gasteiger partial charge on any atom is -0.497 e. The zero-order valence-corrected chi connectivity index (χ0v) is 12.2. The molecule has 0 radical (unpaired) electrons. The van der Waals surface area contributed by atoms with Gasteiger partial charge in [-0.1, -0.05) is 0 Å². The van der Waals surface area contributed by atoms with Crippen LogP contribution in [0.3, 0.4) is 0 Å². The zero-order valence-electron chi connectivity index (χ0n) is 12.2. The van der Waals surface area contributed by atoms with Crippen LogP contribution in [0.15, 0.2) is 48.9 Å². The van der Waals surface area contributed by atoms with Gasteiger partial charge in [0.2, 0.25) is 0 Å². The molecular weight excluding hydrogens is 264 g/mol. The summed E-state index contributed by atoms with van der Waals surface area (Å²) in [5.41, 5.74) is 0. The fourth-order valence-corrected chi connectivity index (χ4v) is 2.37. The first kappa shape index (κ1) is 13.4. The first-order valence-corrected chi connectivity index (χ1v) is 6.93. The van der Waals surface area contributed by atoms with Gasteiger partial charge in [0.1, 0.15) is 11.6 Å². The number of benzene rings is 1. The number of hydrogen-bond donors (Lipinski definition) is 1. The van der Waals surface area contributed by atoms with Crippen molar-refractivity contribution in [3.63, 3.8) is 0 Å². The molecule has 1 unspecified atom stereocenters. The van der Waals surface area contributed by atoms with E-state index < -0.39 is 0 Å². The van der Waals surface area contributed by atoms with Gasteiger partial charge < -0.3 is 10.1 Å². The summed E-state index contributed by atoms with van der Waals surface area (Å²) in [4.78, 5) is 4.45. The lowest BCUT2D eigenvalue weighted by Gasteiger charge is -2.16. The molecule has 0 amide bonds. The summed E-state index contributed by atoms with van der Waals surface area (Å²) in [6.07, 6.45) is 5.56. The highest BCUT2D eigenvalue weighted by molar-refractivity contribution is 5.92. The number of nitrogens with one attached hydrogen (secondary N) is 1. The highest BCUT2D eigenvalue weighted by Gasteiger charge is 2.08. The van der Waals surface area contributed by atoms with Crippen molar-refractivity contribution >= 4 is 16.6 Å². The van der Waals surface area contributed by atoms with E-state index in [1.807, 2.05) is 47.4 Å². The Bertz CT molecular complexity index is 724. The summed E-state index contributed by atoms with van der Waals surface area (Å²) < 4.78 is 7.17. The number of rotatable bonds is 5. The van der Waals surface area contributed by atoms with E-state index in [1.54, 1.807) is 13.3 Å². The highest BCUT2D eigenvalue weighted by Crippen LogP contribution is 2.25. The smallest absolute Gasteiger partial charge is 0.134 e. The molecule has 0 fully saturated rings. The molecular formula is C16H18N4O. The van der Waals surface area contributed by atoms with Crippen LogP contribution < -0.4 is 10.1 Å². The van der Waals surface area contributed by atoms with Gasteiger partial charge in [-0.2, -0.15) is 5.10 Å². The van der Waals surface area contributed by atoms with Crippen molar-refractivity contribution in [3.05, 3.63) is 48.9 Å². The molecule has 0 saturated heterocycles. The van der Waals surface area contributed by atoms with E-state index in [4.69, 9.17) is 4.74 Å². The van der Waals surface area contributed by atoms with Crippen molar-refractivity contribution < 1.29 is 4.74 Å². The third-order valence-electron chi connectivity index (χ3n) is 3.37. The molecule has 1 aromatic carbocycles. The van der Waals surface area contributed by atoms with E-state index in [-0.39, 0.29) is 6.04 Å². The fourth-order valence-electron chi connectivity index (χ4n) is 2.37. The molecule has 0 bridgehead atoms. The van der Waals surface area contributed by atoms with Crippen LogP contribution in [0, 0.1) is 0 Å². The van der Waals surface area contributed by atoms with Gasteiger partial charge in [-0.25, -0.2) is 4.98 Å². The van der Waals surface area contributed by atoms with Gasteiger partial charge in [-0.3, -0.25) is 4.68 Å². The number of nitrogens with zero attached hydrogens (tertiary/aromatic N) is 3. The minimum absolute atomic E-state index is 0.227. The molecule has 0 spiro atoms. The topological polar surface area (TPSA) is 52.0 Å². The molecule has 0 aliphatic rings. The molecule has 3 aromatic rings. The maximum absolute atomic E-state index is 5.26. The second kappa shape index (κ2) is 5.83. The van der Waals surface area contributed by atoms with E-state index in [0.29, 0.717) is 0 Å². The van der Waals surface area contributed by atoms with Gasteiger partial charge in [-0.05, 0) is 42.6 Å². The maximum atomic E-state index is 5.26. The van der Waals surface area contributed by atoms with E-state index >= 15 is 0 Å². The molecule has 2 heterocycles. The van der Waals surface area contributed by atoms with E-state index in [2.05, 4.69) is 22.3 Å². The Morgan fingerprint density at radius 3 is 2.95 bits per heavy atom. The first-order chi connectivity index (χ1) is 10.3. The molecule has 0 aliphatic carbocycles. The van der Waals surface area contributed by atoms with E-state index in [9.17, 15) is 0 Å². The van der Waals surface area contributed by atoms with Crippen LogP contribution >= 0.6 is 0 Å². The normalized spacial score (nSPS) is 12.3. The number of ether oxygens (including phenoxy) is 1. The lowest BCUT2D eigenvalue weighted by molar-refractivity contribution is 0.415. The molecule has 1 N–H and O–H groups in total. The van der Waals surface area contributed by atoms with Gasteiger partial charge in [0.05, 0.1) is 13.7 Å². The third kappa shape index (κ3) is 2.97.